The van der Waals surface area contributed by atoms with Crippen LogP contribution in [0.3, 0.4) is 0 Å². The number of methoxy groups -OCH3 is 1. The fraction of sp³-hybridized carbons (Fsp3) is 0.405. The van der Waals surface area contributed by atoms with Crippen LogP contribution >= 0.6 is 11.8 Å². The van der Waals surface area contributed by atoms with Crippen molar-refractivity contribution in [2.45, 2.75) is 57.8 Å². The maximum atomic E-state index is 14.9. The predicted molar refractivity (Wildman–Crippen MR) is 226 cm³/mol. The second-order valence-corrected chi connectivity index (χ2v) is 15.4. The third-order valence-electron chi connectivity index (χ3n) is 9.79. The molecule has 4 rings (SSSR count). The van der Waals surface area contributed by atoms with Crippen LogP contribution in [-0.2, 0) is 27.3 Å². The molecule has 310 valence electrons. The number of esters is 1. The molecular formula is C42H53N7O8S. The minimum absolute atomic E-state index is 0.00805. The number of hydrogen-bond donors (Lipinski definition) is 3. The SMILES string of the molecule is COC(=O)[C@H](CCSC)N(C(=O)CN(Cc1cccc2ccccc12)C[C@H](CC(C)C)NC(=O)NCCc1ccc([N+](=O)[O-])cc1)C(CN)c1ccc([N+](=O)[O-])cc1. The van der Waals surface area contributed by atoms with Crippen LogP contribution in [0.1, 0.15) is 49.4 Å². The highest BCUT2D eigenvalue weighted by atomic mass is 32.2. The third kappa shape index (κ3) is 13.0. The van der Waals surface area contributed by atoms with Gasteiger partial charge in [-0.1, -0.05) is 80.6 Å². The van der Waals surface area contributed by atoms with Gasteiger partial charge in [-0.25, -0.2) is 9.59 Å². The molecule has 0 heterocycles. The van der Waals surface area contributed by atoms with Crippen molar-refractivity contribution >= 4 is 51.8 Å². The smallest absolute Gasteiger partial charge is 0.328 e. The van der Waals surface area contributed by atoms with Crippen molar-refractivity contribution < 1.29 is 29.0 Å². The van der Waals surface area contributed by atoms with E-state index in [2.05, 4.69) is 10.6 Å². The van der Waals surface area contributed by atoms with Crippen LogP contribution in [0.25, 0.3) is 10.8 Å². The van der Waals surface area contributed by atoms with Crippen molar-refractivity contribution in [3.8, 4) is 0 Å². The second kappa shape index (κ2) is 22.4. The summed E-state index contributed by atoms with van der Waals surface area (Å²) in [4.78, 5) is 66.7. The average Bonchev–Trinajstić information content (AvgIpc) is 3.20. The number of rotatable bonds is 22. The molecule has 15 nitrogen and oxygen atoms in total. The molecule has 3 amide bonds. The molecule has 3 atom stereocenters. The Balaban J connectivity index is 1.67. The number of nitrogens with two attached hydrogens (primary N) is 1. The molecule has 0 aromatic heterocycles. The second-order valence-electron chi connectivity index (χ2n) is 14.4. The predicted octanol–water partition coefficient (Wildman–Crippen LogP) is 6.24. The molecular weight excluding hydrogens is 763 g/mol. The Morgan fingerprint density at radius 1 is 0.897 bits per heavy atom. The van der Waals surface area contributed by atoms with Crippen molar-refractivity contribution in [3.05, 3.63) is 128 Å². The molecule has 4 aromatic rings. The summed E-state index contributed by atoms with van der Waals surface area (Å²) in [6.45, 7) is 4.76. The first-order valence-electron chi connectivity index (χ1n) is 19.1. The highest BCUT2D eigenvalue weighted by Gasteiger charge is 2.37. The van der Waals surface area contributed by atoms with Crippen molar-refractivity contribution in [2.75, 3.05) is 45.3 Å². The zero-order chi connectivity index (χ0) is 42.2. The Hall–Kier alpha value is -5.58. The Morgan fingerprint density at radius 3 is 2.14 bits per heavy atom. The van der Waals surface area contributed by atoms with E-state index in [1.165, 1.54) is 48.0 Å². The lowest BCUT2D eigenvalue weighted by Crippen LogP contribution is -2.54. The van der Waals surface area contributed by atoms with Gasteiger partial charge in [0.05, 0.1) is 29.5 Å². The Morgan fingerprint density at radius 2 is 1.53 bits per heavy atom. The number of nitro groups is 2. The number of benzene rings is 4. The van der Waals surface area contributed by atoms with E-state index >= 15 is 0 Å². The zero-order valence-electron chi connectivity index (χ0n) is 33.4. The van der Waals surface area contributed by atoms with Crippen LogP contribution in [0.15, 0.2) is 91.0 Å². The van der Waals surface area contributed by atoms with Gasteiger partial charge in [-0.3, -0.25) is 29.9 Å². The van der Waals surface area contributed by atoms with Gasteiger partial charge in [0, 0.05) is 56.5 Å². The standard InChI is InChI=1S/C42H53N7O8S/c1-29(2)24-34(45-42(52)44-22-20-30-12-16-35(17-13-30)48(53)54)27-46(26-33-10-7-9-31-8-5-6-11-37(31)33)28-40(50)47(38(21-23-58-4)41(51)57-3)39(25-43)32-14-18-36(19-15-32)49(55)56/h5-19,29,34,38-39H,20-28,43H2,1-4H3,(H2,44,45,52)/t34-,38-,39?/m0/s1. The number of amides is 3. The molecule has 0 bridgehead atoms. The molecule has 4 N–H and O–H groups in total. The fourth-order valence-electron chi connectivity index (χ4n) is 7.06. The molecule has 0 saturated heterocycles. The lowest BCUT2D eigenvalue weighted by atomic mass is 10.00. The lowest BCUT2D eigenvalue weighted by Gasteiger charge is -2.38. The summed E-state index contributed by atoms with van der Waals surface area (Å²) in [5.74, 6) is -0.286. The number of non-ortho nitro benzene ring substituents is 2. The number of thioether (sulfide) groups is 1. The Labute approximate surface area is 343 Å². The van der Waals surface area contributed by atoms with Crippen LogP contribution in [0.2, 0.25) is 0 Å². The third-order valence-corrected chi connectivity index (χ3v) is 10.4. The molecule has 0 aliphatic rings. The normalized spacial score (nSPS) is 12.8. The van der Waals surface area contributed by atoms with Gasteiger partial charge in [-0.05, 0) is 64.7 Å². The highest BCUT2D eigenvalue weighted by molar-refractivity contribution is 7.98. The number of ether oxygens (including phenoxy) is 1. The van der Waals surface area contributed by atoms with E-state index in [4.69, 9.17) is 10.5 Å². The number of carbonyl (C=O) groups is 3. The summed E-state index contributed by atoms with van der Waals surface area (Å²) in [6.07, 6.45) is 3.24. The highest BCUT2D eigenvalue weighted by Crippen LogP contribution is 2.28. The maximum absolute atomic E-state index is 14.9. The van der Waals surface area contributed by atoms with E-state index in [0.29, 0.717) is 37.2 Å². The van der Waals surface area contributed by atoms with E-state index < -0.39 is 45.9 Å². The number of nitro benzene ring substituents is 2. The average molecular weight is 816 g/mol. The fourth-order valence-corrected chi connectivity index (χ4v) is 7.52. The summed E-state index contributed by atoms with van der Waals surface area (Å²) < 4.78 is 5.23. The summed E-state index contributed by atoms with van der Waals surface area (Å²) in [5.41, 5.74) is 8.57. The molecule has 0 aliphatic carbocycles. The first-order chi connectivity index (χ1) is 27.8. The largest absolute Gasteiger partial charge is 0.467 e. The maximum Gasteiger partial charge on any atom is 0.328 e. The minimum atomic E-state index is -1.00. The van der Waals surface area contributed by atoms with Gasteiger partial charge in [0.1, 0.15) is 6.04 Å². The quantitative estimate of drug-likeness (QED) is 0.0461. The molecule has 0 radical (unpaired) electrons. The minimum Gasteiger partial charge on any atom is -0.467 e. The molecule has 58 heavy (non-hydrogen) atoms. The molecule has 0 spiro atoms. The zero-order valence-corrected chi connectivity index (χ0v) is 34.2. The molecule has 16 heteroatoms. The summed E-state index contributed by atoms with van der Waals surface area (Å²) in [7, 11) is 1.27. The van der Waals surface area contributed by atoms with E-state index in [1.54, 1.807) is 24.3 Å². The van der Waals surface area contributed by atoms with Crippen molar-refractivity contribution in [1.29, 1.82) is 0 Å². The number of hydrogen-bond acceptors (Lipinski definition) is 11. The van der Waals surface area contributed by atoms with Gasteiger partial charge in [0.25, 0.3) is 11.4 Å². The van der Waals surface area contributed by atoms with Gasteiger partial charge in [0.15, 0.2) is 0 Å². The summed E-state index contributed by atoms with van der Waals surface area (Å²) >= 11 is 1.52. The van der Waals surface area contributed by atoms with E-state index in [9.17, 15) is 34.6 Å². The van der Waals surface area contributed by atoms with E-state index in [1.807, 2.05) is 67.5 Å². The van der Waals surface area contributed by atoms with Gasteiger partial charge in [-0.2, -0.15) is 11.8 Å². The Bertz CT molecular complexity index is 1990. The van der Waals surface area contributed by atoms with Gasteiger partial charge in [-0.15, -0.1) is 0 Å². The number of carbonyl (C=O) groups excluding carboxylic acids is 3. The van der Waals surface area contributed by atoms with Crippen LogP contribution in [0.4, 0.5) is 16.2 Å². The van der Waals surface area contributed by atoms with Crippen LogP contribution in [0, 0.1) is 26.1 Å². The number of fused-ring (bicyclic) bond motifs is 1. The molecule has 4 aromatic carbocycles. The molecule has 0 aliphatic heterocycles. The molecule has 0 fully saturated rings. The first-order valence-corrected chi connectivity index (χ1v) is 20.5. The number of nitrogens with one attached hydrogen (secondary N) is 2. The monoisotopic (exact) mass is 815 g/mol. The van der Waals surface area contributed by atoms with Crippen molar-refractivity contribution in [2.24, 2.45) is 11.7 Å². The van der Waals surface area contributed by atoms with Crippen LogP contribution in [-0.4, -0.2) is 94.9 Å². The van der Waals surface area contributed by atoms with E-state index in [-0.39, 0.29) is 43.3 Å². The van der Waals surface area contributed by atoms with Crippen LogP contribution in [0.5, 0.6) is 0 Å². The van der Waals surface area contributed by atoms with Crippen LogP contribution < -0.4 is 16.4 Å². The van der Waals surface area contributed by atoms with Gasteiger partial charge < -0.3 is 26.0 Å². The summed E-state index contributed by atoms with van der Waals surface area (Å²) in [5, 5.41) is 30.5. The first kappa shape index (κ1) is 45.1. The summed E-state index contributed by atoms with van der Waals surface area (Å²) in [6, 6.07) is 23.3. The number of urea groups is 1. The Kier molecular flexibility index (Phi) is 17.4. The van der Waals surface area contributed by atoms with Gasteiger partial charge in [0.2, 0.25) is 5.91 Å². The lowest BCUT2D eigenvalue weighted by molar-refractivity contribution is -0.385. The molecule has 1 unspecified atom stereocenters. The topological polar surface area (TPSA) is 203 Å². The van der Waals surface area contributed by atoms with Gasteiger partial charge >= 0.3 is 12.0 Å². The molecule has 0 saturated carbocycles. The van der Waals surface area contributed by atoms with Crippen molar-refractivity contribution in [1.82, 2.24) is 20.4 Å². The van der Waals surface area contributed by atoms with Crippen molar-refractivity contribution in [3.63, 3.8) is 0 Å². The van der Waals surface area contributed by atoms with E-state index in [0.717, 1.165) is 21.9 Å². The number of nitrogens with zero attached hydrogens (tertiary/aromatic N) is 4.